The molecule has 0 saturated carbocycles. The van der Waals surface area contributed by atoms with E-state index in [0.29, 0.717) is 43.0 Å². The summed E-state index contributed by atoms with van der Waals surface area (Å²) in [6.45, 7) is 4.59. The molecule has 1 N–H and O–H groups in total. The van der Waals surface area contributed by atoms with Crippen LogP contribution >= 0.6 is 0 Å². The van der Waals surface area contributed by atoms with E-state index in [9.17, 15) is 14.4 Å². The van der Waals surface area contributed by atoms with Crippen molar-refractivity contribution >= 4 is 17.8 Å². The smallest absolute Gasteiger partial charge is 0.308 e. The van der Waals surface area contributed by atoms with Gasteiger partial charge in [0.1, 0.15) is 11.5 Å². The second-order valence-corrected chi connectivity index (χ2v) is 7.93. The molecule has 2 aromatic rings. The molecule has 7 heteroatoms. The van der Waals surface area contributed by atoms with E-state index < -0.39 is 5.97 Å². The zero-order valence-corrected chi connectivity index (χ0v) is 18.6. The summed E-state index contributed by atoms with van der Waals surface area (Å²) in [5, 5.41) is 3.00. The Morgan fingerprint density at radius 3 is 2.41 bits per heavy atom. The number of hydrogen-bond donors (Lipinski definition) is 1. The van der Waals surface area contributed by atoms with E-state index in [0.717, 1.165) is 12.8 Å². The third kappa shape index (κ3) is 6.83. The quantitative estimate of drug-likeness (QED) is 0.505. The third-order valence-electron chi connectivity index (χ3n) is 5.37. The van der Waals surface area contributed by atoms with E-state index in [2.05, 4.69) is 12.2 Å². The lowest BCUT2D eigenvalue weighted by Gasteiger charge is -2.32. The maximum Gasteiger partial charge on any atom is 0.308 e. The first-order chi connectivity index (χ1) is 15.4. The highest BCUT2D eigenvalue weighted by atomic mass is 16.5. The number of esters is 1. The van der Waals surface area contributed by atoms with Crippen LogP contribution in [0.5, 0.6) is 11.5 Å². The number of carbonyl (C=O) groups is 3. The molecule has 3 rings (SSSR count). The summed E-state index contributed by atoms with van der Waals surface area (Å²) in [5.74, 6) is 0.319. The molecule has 2 aromatic carbocycles. The van der Waals surface area contributed by atoms with Gasteiger partial charge in [0.2, 0.25) is 0 Å². The van der Waals surface area contributed by atoms with Gasteiger partial charge in [0.25, 0.3) is 11.8 Å². The number of nitrogens with zero attached hydrogens (tertiary/aromatic N) is 1. The molecule has 32 heavy (non-hydrogen) atoms. The summed E-state index contributed by atoms with van der Waals surface area (Å²) in [4.78, 5) is 37.9. The first kappa shape index (κ1) is 23.3. The monoisotopic (exact) mass is 438 g/mol. The number of likely N-dealkylation sites (tertiary alicyclic amines) is 1. The molecule has 0 spiro atoms. The molecule has 2 amide bonds. The Balaban J connectivity index is 1.42. The predicted molar refractivity (Wildman–Crippen MR) is 121 cm³/mol. The molecule has 0 unspecified atom stereocenters. The summed E-state index contributed by atoms with van der Waals surface area (Å²) in [5.41, 5.74) is 1.69. The maximum atomic E-state index is 12.5. The van der Waals surface area contributed by atoms with Crippen molar-refractivity contribution in [2.45, 2.75) is 45.6 Å². The first-order valence-corrected chi connectivity index (χ1v) is 11.0. The van der Waals surface area contributed by atoms with Gasteiger partial charge < -0.3 is 19.7 Å². The van der Waals surface area contributed by atoms with E-state index in [4.69, 9.17) is 9.47 Å². The summed E-state index contributed by atoms with van der Waals surface area (Å²) >= 11 is 0. The minimum Gasteiger partial charge on any atom is -0.484 e. The van der Waals surface area contributed by atoms with Crippen molar-refractivity contribution in [1.29, 1.82) is 0 Å². The highest BCUT2D eigenvalue weighted by Gasteiger charge is 2.24. The molecule has 0 radical (unpaired) electrons. The number of ether oxygens (including phenoxy) is 2. The fourth-order valence-electron chi connectivity index (χ4n) is 3.69. The highest BCUT2D eigenvalue weighted by Crippen LogP contribution is 2.17. The Morgan fingerprint density at radius 2 is 1.75 bits per heavy atom. The highest BCUT2D eigenvalue weighted by molar-refractivity contribution is 5.95. The van der Waals surface area contributed by atoms with Gasteiger partial charge in [-0.3, -0.25) is 14.4 Å². The molecular formula is C25H30N2O5. The van der Waals surface area contributed by atoms with E-state index in [1.807, 2.05) is 24.3 Å². The molecule has 0 bridgehead atoms. The van der Waals surface area contributed by atoms with Gasteiger partial charge in [0, 0.05) is 31.6 Å². The summed E-state index contributed by atoms with van der Waals surface area (Å²) < 4.78 is 10.7. The average Bonchev–Trinajstić information content (AvgIpc) is 2.79. The van der Waals surface area contributed by atoms with Gasteiger partial charge in [0.05, 0.1) is 0 Å². The zero-order valence-electron chi connectivity index (χ0n) is 18.6. The molecule has 1 aliphatic rings. The SMILES string of the molecule is CCCc1ccc(OCC(=O)N2CCC(NC(=O)c3cccc(OC(C)=O)c3)CC2)cc1. The van der Waals surface area contributed by atoms with E-state index in [1.165, 1.54) is 12.5 Å². The molecule has 1 heterocycles. The van der Waals surface area contributed by atoms with E-state index in [-0.39, 0.29) is 24.5 Å². The lowest BCUT2D eigenvalue weighted by atomic mass is 10.0. The number of amides is 2. The topological polar surface area (TPSA) is 84.9 Å². The van der Waals surface area contributed by atoms with Gasteiger partial charge in [-0.25, -0.2) is 0 Å². The minimum atomic E-state index is -0.433. The number of rotatable bonds is 8. The van der Waals surface area contributed by atoms with Crippen molar-refractivity contribution in [2.75, 3.05) is 19.7 Å². The van der Waals surface area contributed by atoms with Crippen molar-refractivity contribution in [2.24, 2.45) is 0 Å². The van der Waals surface area contributed by atoms with Crippen LogP contribution in [0.4, 0.5) is 0 Å². The van der Waals surface area contributed by atoms with Gasteiger partial charge >= 0.3 is 5.97 Å². The normalized spacial score (nSPS) is 14.0. The number of carbonyl (C=O) groups excluding carboxylic acids is 3. The van der Waals surface area contributed by atoms with Crippen LogP contribution in [0.25, 0.3) is 0 Å². The number of nitrogens with one attached hydrogen (secondary N) is 1. The largest absolute Gasteiger partial charge is 0.484 e. The standard InChI is InChI=1S/C25H30N2O5/c1-3-5-19-8-10-22(11-9-19)31-17-24(29)27-14-12-21(13-15-27)26-25(30)20-6-4-7-23(16-20)32-18(2)28/h4,6-11,16,21H,3,5,12-15,17H2,1-2H3,(H,26,30). The number of benzene rings is 2. The molecule has 7 nitrogen and oxygen atoms in total. The van der Waals surface area contributed by atoms with Crippen LogP contribution in [0.15, 0.2) is 48.5 Å². The number of aryl methyl sites for hydroxylation is 1. The lowest BCUT2D eigenvalue weighted by molar-refractivity contribution is -0.134. The predicted octanol–water partition coefficient (Wildman–Crippen LogP) is 3.36. The number of hydrogen-bond acceptors (Lipinski definition) is 5. The van der Waals surface area contributed by atoms with Gasteiger partial charge in [-0.05, 0) is 55.2 Å². The molecule has 0 aliphatic carbocycles. The Hall–Kier alpha value is -3.35. The van der Waals surface area contributed by atoms with E-state index >= 15 is 0 Å². The van der Waals surface area contributed by atoms with Crippen molar-refractivity contribution in [3.05, 3.63) is 59.7 Å². The van der Waals surface area contributed by atoms with Gasteiger partial charge in [0.15, 0.2) is 6.61 Å². The molecule has 0 atom stereocenters. The lowest BCUT2D eigenvalue weighted by Crippen LogP contribution is -2.47. The van der Waals surface area contributed by atoms with Gasteiger partial charge in [-0.2, -0.15) is 0 Å². The third-order valence-corrected chi connectivity index (χ3v) is 5.37. The van der Waals surface area contributed by atoms with Crippen molar-refractivity contribution in [3.8, 4) is 11.5 Å². The van der Waals surface area contributed by atoms with Crippen molar-refractivity contribution in [1.82, 2.24) is 10.2 Å². The Kier molecular flexibility index (Phi) is 8.25. The van der Waals surface area contributed by atoms with Crippen LogP contribution in [0.2, 0.25) is 0 Å². The van der Waals surface area contributed by atoms with Gasteiger partial charge in [-0.15, -0.1) is 0 Å². The second kappa shape index (κ2) is 11.3. The molecule has 1 fully saturated rings. The van der Waals surface area contributed by atoms with Crippen LogP contribution in [0.1, 0.15) is 49.0 Å². The zero-order chi connectivity index (χ0) is 22.9. The van der Waals surface area contributed by atoms with Crippen LogP contribution in [0.3, 0.4) is 0 Å². The molecular weight excluding hydrogens is 408 g/mol. The molecule has 170 valence electrons. The van der Waals surface area contributed by atoms with Crippen LogP contribution in [-0.4, -0.2) is 48.4 Å². The summed E-state index contributed by atoms with van der Waals surface area (Å²) in [6.07, 6.45) is 3.47. The van der Waals surface area contributed by atoms with E-state index in [1.54, 1.807) is 29.2 Å². The van der Waals surface area contributed by atoms with Crippen molar-refractivity contribution < 1.29 is 23.9 Å². The summed E-state index contributed by atoms with van der Waals surface area (Å²) in [7, 11) is 0. The molecule has 0 aromatic heterocycles. The Morgan fingerprint density at radius 1 is 1.03 bits per heavy atom. The average molecular weight is 439 g/mol. The minimum absolute atomic E-state index is 0.00703. The molecule has 1 aliphatic heterocycles. The van der Waals surface area contributed by atoms with Crippen LogP contribution < -0.4 is 14.8 Å². The molecule has 1 saturated heterocycles. The fourth-order valence-corrected chi connectivity index (χ4v) is 3.69. The Labute approximate surface area is 188 Å². The fraction of sp³-hybridized carbons (Fsp3) is 0.400. The summed E-state index contributed by atoms with van der Waals surface area (Å²) in [6, 6.07) is 14.4. The van der Waals surface area contributed by atoms with Crippen molar-refractivity contribution in [3.63, 3.8) is 0 Å². The van der Waals surface area contributed by atoms with Crippen LogP contribution in [-0.2, 0) is 16.0 Å². The van der Waals surface area contributed by atoms with Crippen LogP contribution in [0, 0.1) is 0 Å². The van der Waals surface area contributed by atoms with Gasteiger partial charge in [-0.1, -0.05) is 31.5 Å². The second-order valence-electron chi connectivity index (χ2n) is 7.93. The maximum absolute atomic E-state index is 12.5. The Bertz CT molecular complexity index is 934. The first-order valence-electron chi connectivity index (χ1n) is 11.0. The number of piperidine rings is 1.